The second-order valence-electron chi connectivity index (χ2n) is 9.27. The Morgan fingerprint density at radius 1 is 0.361 bits per heavy atom. The fourth-order valence-corrected chi connectivity index (χ4v) is 5.15. The fraction of sp³-hybridized carbons (Fsp3) is 0. The molecule has 0 saturated carbocycles. The molecule has 0 N–H and O–H groups in total. The highest BCUT2D eigenvalue weighted by atomic mass is 14.7. The quantitative estimate of drug-likeness (QED) is 0.257. The summed E-state index contributed by atoms with van der Waals surface area (Å²) in [5.41, 5.74) is 8.07. The second kappa shape index (κ2) is 8.48. The molecule has 36 heavy (non-hydrogen) atoms. The summed E-state index contributed by atoms with van der Waals surface area (Å²) in [5.74, 6) is 0. The van der Waals surface area contributed by atoms with Gasteiger partial charge in [-0.1, -0.05) is 109 Å². The van der Waals surface area contributed by atoms with Crippen LogP contribution in [0.2, 0.25) is 0 Å². The minimum absolute atomic E-state index is 0.996. The molecule has 6 aromatic carbocycles. The molecule has 1 nitrogen and oxygen atoms in total. The van der Waals surface area contributed by atoms with Gasteiger partial charge >= 0.3 is 0 Å². The Morgan fingerprint density at radius 3 is 1.92 bits per heavy atom. The molecule has 7 rings (SSSR count). The van der Waals surface area contributed by atoms with Crippen LogP contribution in [0.25, 0.3) is 66.0 Å². The van der Waals surface area contributed by atoms with Crippen molar-refractivity contribution in [3.63, 3.8) is 0 Å². The zero-order valence-corrected chi connectivity index (χ0v) is 19.7. The Morgan fingerprint density at radius 2 is 1.00 bits per heavy atom. The predicted molar refractivity (Wildman–Crippen MR) is 153 cm³/mol. The molecule has 7 aromatic rings. The average Bonchev–Trinajstić information content (AvgIpc) is 2.96. The van der Waals surface area contributed by atoms with Gasteiger partial charge < -0.3 is 0 Å². The summed E-state index contributed by atoms with van der Waals surface area (Å²) in [6.07, 6.45) is 0. The monoisotopic (exact) mass is 457 g/mol. The molecule has 0 aliphatic rings. The van der Waals surface area contributed by atoms with E-state index in [0.717, 1.165) is 22.2 Å². The van der Waals surface area contributed by atoms with Crippen LogP contribution in [0.3, 0.4) is 0 Å². The largest absolute Gasteiger partial charge is 0.248 e. The third-order valence-corrected chi connectivity index (χ3v) is 7.03. The van der Waals surface area contributed by atoms with E-state index in [1.165, 1.54) is 43.8 Å². The molecule has 0 radical (unpaired) electrons. The van der Waals surface area contributed by atoms with Crippen molar-refractivity contribution in [2.45, 2.75) is 0 Å². The molecule has 0 spiro atoms. The standard InChI is InChI=1S/C35H23N/c1-3-12-32-24(7-1)9-6-13-33(32)30-18-17-28-21-27(15-16-29(28)22-30)26-10-5-11-31(23-26)35-20-19-25-8-2-4-14-34(25)36-35/h1-23H. The zero-order valence-electron chi connectivity index (χ0n) is 19.7. The molecule has 1 heteroatoms. The van der Waals surface area contributed by atoms with Gasteiger partial charge in [0.25, 0.3) is 0 Å². The van der Waals surface area contributed by atoms with Crippen LogP contribution in [-0.4, -0.2) is 4.98 Å². The van der Waals surface area contributed by atoms with E-state index >= 15 is 0 Å². The minimum atomic E-state index is 0.996. The van der Waals surface area contributed by atoms with Crippen molar-refractivity contribution in [1.82, 2.24) is 4.98 Å². The van der Waals surface area contributed by atoms with Crippen LogP contribution < -0.4 is 0 Å². The van der Waals surface area contributed by atoms with Gasteiger partial charge in [-0.05, 0) is 74.1 Å². The Labute approximate surface area is 210 Å². The first-order valence-electron chi connectivity index (χ1n) is 12.3. The van der Waals surface area contributed by atoms with E-state index in [4.69, 9.17) is 4.98 Å². The SMILES string of the molecule is c1cc(-c2ccc3cc(-c4cccc5ccccc45)ccc3c2)cc(-c2ccc3ccccc3n2)c1. The number of hydrogen-bond donors (Lipinski definition) is 0. The third-order valence-electron chi connectivity index (χ3n) is 7.03. The summed E-state index contributed by atoms with van der Waals surface area (Å²) in [6.45, 7) is 0. The van der Waals surface area contributed by atoms with Gasteiger partial charge in [-0.3, -0.25) is 0 Å². The highest BCUT2D eigenvalue weighted by molar-refractivity contribution is 5.99. The summed E-state index contributed by atoms with van der Waals surface area (Å²) >= 11 is 0. The van der Waals surface area contributed by atoms with Crippen LogP contribution in [-0.2, 0) is 0 Å². The lowest BCUT2D eigenvalue weighted by molar-refractivity contribution is 1.40. The Hall–Kier alpha value is -4.75. The first kappa shape index (κ1) is 20.6. The van der Waals surface area contributed by atoms with Crippen LogP contribution in [0.5, 0.6) is 0 Å². The van der Waals surface area contributed by atoms with Crippen LogP contribution in [0.1, 0.15) is 0 Å². The Kier molecular flexibility index (Phi) is 4.85. The summed E-state index contributed by atoms with van der Waals surface area (Å²) in [7, 11) is 0. The van der Waals surface area contributed by atoms with Crippen molar-refractivity contribution in [1.29, 1.82) is 0 Å². The maximum absolute atomic E-state index is 4.89. The lowest BCUT2D eigenvalue weighted by Gasteiger charge is -2.10. The first-order valence-corrected chi connectivity index (χ1v) is 12.3. The molecule has 0 aliphatic heterocycles. The van der Waals surface area contributed by atoms with Gasteiger partial charge in [0.1, 0.15) is 0 Å². The predicted octanol–water partition coefficient (Wildman–Crippen LogP) is 9.54. The van der Waals surface area contributed by atoms with Crippen LogP contribution in [0.15, 0.2) is 140 Å². The third kappa shape index (κ3) is 3.62. The molecule has 1 heterocycles. The number of benzene rings is 6. The molecule has 0 bridgehead atoms. The van der Waals surface area contributed by atoms with E-state index in [0.29, 0.717) is 0 Å². The van der Waals surface area contributed by atoms with Crippen molar-refractivity contribution < 1.29 is 0 Å². The number of para-hydroxylation sites is 1. The number of pyridine rings is 1. The molecular formula is C35H23N. The zero-order chi connectivity index (χ0) is 23.9. The molecule has 0 atom stereocenters. The number of hydrogen-bond acceptors (Lipinski definition) is 1. The van der Waals surface area contributed by atoms with Gasteiger partial charge in [0.2, 0.25) is 0 Å². The minimum Gasteiger partial charge on any atom is -0.248 e. The summed E-state index contributed by atoms with van der Waals surface area (Å²) in [6, 6.07) is 49.8. The maximum Gasteiger partial charge on any atom is 0.0709 e. The van der Waals surface area contributed by atoms with E-state index in [1.54, 1.807) is 0 Å². The Balaban J connectivity index is 1.27. The van der Waals surface area contributed by atoms with Gasteiger partial charge in [-0.2, -0.15) is 0 Å². The van der Waals surface area contributed by atoms with Crippen molar-refractivity contribution in [2.75, 3.05) is 0 Å². The molecule has 0 fully saturated rings. The van der Waals surface area contributed by atoms with Crippen LogP contribution >= 0.6 is 0 Å². The molecular weight excluding hydrogens is 434 g/mol. The van der Waals surface area contributed by atoms with E-state index < -0.39 is 0 Å². The molecule has 0 aliphatic carbocycles. The number of fused-ring (bicyclic) bond motifs is 3. The molecule has 0 saturated heterocycles. The molecule has 168 valence electrons. The van der Waals surface area contributed by atoms with Crippen LogP contribution in [0.4, 0.5) is 0 Å². The van der Waals surface area contributed by atoms with E-state index in [1.807, 2.05) is 6.07 Å². The topological polar surface area (TPSA) is 12.9 Å². The normalized spacial score (nSPS) is 11.3. The molecule has 0 amide bonds. The number of nitrogens with zero attached hydrogens (tertiary/aromatic N) is 1. The Bertz CT molecular complexity index is 1890. The van der Waals surface area contributed by atoms with Crippen molar-refractivity contribution in [3.05, 3.63) is 140 Å². The fourth-order valence-electron chi connectivity index (χ4n) is 5.15. The van der Waals surface area contributed by atoms with Gasteiger partial charge in [0.05, 0.1) is 11.2 Å². The van der Waals surface area contributed by atoms with Crippen molar-refractivity contribution in [3.8, 4) is 33.5 Å². The lowest BCUT2D eigenvalue weighted by Crippen LogP contribution is -1.87. The number of aromatic nitrogens is 1. The van der Waals surface area contributed by atoms with Crippen molar-refractivity contribution in [2.24, 2.45) is 0 Å². The summed E-state index contributed by atoms with van der Waals surface area (Å²) in [5, 5.41) is 6.21. The van der Waals surface area contributed by atoms with Gasteiger partial charge in [-0.25, -0.2) is 4.98 Å². The molecule has 1 aromatic heterocycles. The van der Waals surface area contributed by atoms with Crippen molar-refractivity contribution >= 4 is 32.4 Å². The van der Waals surface area contributed by atoms with E-state index in [-0.39, 0.29) is 0 Å². The molecule has 0 unspecified atom stereocenters. The van der Waals surface area contributed by atoms with Gasteiger partial charge in [0.15, 0.2) is 0 Å². The van der Waals surface area contributed by atoms with E-state index in [9.17, 15) is 0 Å². The van der Waals surface area contributed by atoms with Crippen LogP contribution in [0, 0.1) is 0 Å². The number of rotatable bonds is 3. The first-order chi connectivity index (χ1) is 17.8. The summed E-state index contributed by atoms with van der Waals surface area (Å²) < 4.78 is 0. The maximum atomic E-state index is 4.89. The van der Waals surface area contributed by atoms with Gasteiger partial charge in [0, 0.05) is 10.9 Å². The van der Waals surface area contributed by atoms with E-state index in [2.05, 4.69) is 133 Å². The highest BCUT2D eigenvalue weighted by Crippen LogP contribution is 2.33. The van der Waals surface area contributed by atoms with Gasteiger partial charge in [-0.15, -0.1) is 0 Å². The average molecular weight is 458 g/mol. The second-order valence-corrected chi connectivity index (χ2v) is 9.27. The smallest absolute Gasteiger partial charge is 0.0709 e. The highest BCUT2D eigenvalue weighted by Gasteiger charge is 2.08. The lowest BCUT2D eigenvalue weighted by atomic mass is 9.94. The summed E-state index contributed by atoms with van der Waals surface area (Å²) in [4.78, 5) is 4.89.